The Hall–Kier alpha value is -2.25. The van der Waals surface area contributed by atoms with Crippen LogP contribution < -0.4 is 14.4 Å². The number of ether oxygens (including phenoxy) is 1. The molecule has 0 aliphatic heterocycles. The molecule has 0 aromatic heterocycles. The van der Waals surface area contributed by atoms with Gasteiger partial charge in [0.15, 0.2) is 0 Å². The fourth-order valence-corrected chi connectivity index (χ4v) is 3.71. The molecule has 0 bridgehead atoms. The second-order valence-electron chi connectivity index (χ2n) is 5.96. The number of hydrogen-bond acceptors (Lipinski definition) is 4. The summed E-state index contributed by atoms with van der Waals surface area (Å²) in [4.78, 5) is 12.4. The van der Waals surface area contributed by atoms with E-state index in [0.717, 1.165) is 21.7 Å². The van der Waals surface area contributed by atoms with E-state index in [1.165, 1.54) is 7.11 Å². The highest BCUT2D eigenvalue weighted by Crippen LogP contribution is 2.27. The zero-order chi connectivity index (χ0) is 19.5. The molecule has 0 spiro atoms. The van der Waals surface area contributed by atoms with Crippen molar-refractivity contribution in [3.05, 3.63) is 52.5 Å². The summed E-state index contributed by atoms with van der Waals surface area (Å²) in [6.45, 7) is 3.38. The second-order valence-corrected chi connectivity index (χ2v) is 8.27. The van der Waals surface area contributed by atoms with E-state index in [1.54, 1.807) is 24.3 Å². The van der Waals surface area contributed by atoms with Gasteiger partial charge in [0.1, 0.15) is 12.3 Å². The number of benzene rings is 2. The van der Waals surface area contributed by atoms with Gasteiger partial charge in [-0.05, 0) is 43.7 Å². The van der Waals surface area contributed by atoms with Crippen molar-refractivity contribution < 1.29 is 17.9 Å². The normalized spacial score (nSPS) is 11.1. The Morgan fingerprint density at radius 1 is 1.19 bits per heavy atom. The fourth-order valence-electron chi connectivity index (χ4n) is 2.54. The Morgan fingerprint density at radius 2 is 1.88 bits per heavy atom. The highest BCUT2D eigenvalue weighted by molar-refractivity contribution is 7.92. The summed E-state index contributed by atoms with van der Waals surface area (Å²) < 4.78 is 30.6. The van der Waals surface area contributed by atoms with Crippen molar-refractivity contribution in [3.8, 4) is 5.75 Å². The first-order valence-electron chi connectivity index (χ1n) is 7.80. The molecular weight excluding hydrogens is 376 g/mol. The van der Waals surface area contributed by atoms with Crippen LogP contribution >= 0.6 is 11.6 Å². The molecule has 26 heavy (non-hydrogen) atoms. The third kappa shape index (κ3) is 4.89. The van der Waals surface area contributed by atoms with Gasteiger partial charge in [0, 0.05) is 5.69 Å². The maximum atomic E-state index is 12.4. The number of amides is 1. The quantitative estimate of drug-likeness (QED) is 0.812. The lowest BCUT2D eigenvalue weighted by molar-refractivity contribution is -0.114. The van der Waals surface area contributed by atoms with Gasteiger partial charge in [-0.25, -0.2) is 8.42 Å². The third-order valence-electron chi connectivity index (χ3n) is 3.74. The van der Waals surface area contributed by atoms with Gasteiger partial charge in [-0.3, -0.25) is 9.10 Å². The number of hydrogen-bond donors (Lipinski definition) is 1. The lowest BCUT2D eigenvalue weighted by Gasteiger charge is -2.24. The molecule has 0 heterocycles. The zero-order valence-electron chi connectivity index (χ0n) is 15.0. The molecule has 1 N–H and O–H groups in total. The van der Waals surface area contributed by atoms with Crippen LogP contribution in [0, 0.1) is 13.8 Å². The molecule has 2 rings (SSSR count). The average molecular weight is 397 g/mol. The van der Waals surface area contributed by atoms with Gasteiger partial charge in [-0.1, -0.05) is 29.3 Å². The first-order valence-corrected chi connectivity index (χ1v) is 10.0. The van der Waals surface area contributed by atoms with Crippen molar-refractivity contribution in [2.45, 2.75) is 13.8 Å². The molecule has 6 nitrogen and oxygen atoms in total. The molecule has 0 aliphatic carbocycles. The standard InChI is InChI=1S/C18H21ClN2O4S/c1-12-5-7-16(13(2)9-12)21(26(4,23)24)11-18(22)20-14-6-8-17(25-3)15(19)10-14/h5-10H,11H2,1-4H3,(H,20,22). The number of methoxy groups -OCH3 is 1. The van der Waals surface area contributed by atoms with E-state index in [4.69, 9.17) is 16.3 Å². The number of anilines is 2. The van der Waals surface area contributed by atoms with Gasteiger partial charge in [-0.2, -0.15) is 0 Å². The minimum atomic E-state index is -3.63. The number of carbonyl (C=O) groups excluding carboxylic acids is 1. The molecular formula is C18H21ClN2O4S. The Kier molecular flexibility index (Phi) is 6.15. The summed E-state index contributed by atoms with van der Waals surface area (Å²) in [5.74, 6) is 0.00865. The SMILES string of the molecule is COc1ccc(NC(=O)CN(c2ccc(C)cc2C)S(C)(=O)=O)cc1Cl. The van der Waals surface area contributed by atoms with Crippen LogP contribution in [0.2, 0.25) is 5.02 Å². The number of carbonyl (C=O) groups is 1. The average Bonchev–Trinajstić information content (AvgIpc) is 2.52. The first-order chi connectivity index (χ1) is 12.1. The summed E-state index contributed by atoms with van der Waals surface area (Å²) in [6.07, 6.45) is 1.07. The van der Waals surface area contributed by atoms with Gasteiger partial charge in [0.2, 0.25) is 15.9 Å². The summed E-state index contributed by atoms with van der Waals surface area (Å²) in [6, 6.07) is 10.2. The lowest BCUT2D eigenvalue weighted by Crippen LogP contribution is -2.37. The van der Waals surface area contributed by atoms with Crippen molar-refractivity contribution in [2.75, 3.05) is 29.5 Å². The van der Waals surface area contributed by atoms with Crippen molar-refractivity contribution in [1.82, 2.24) is 0 Å². The van der Waals surface area contributed by atoms with E-state index < -0.39 is 15.9 Å². The third-order valence-corrected chi connectivity index (χ3v) is 5.17. The predicted octanol–water partition coefficient (Wildman–Crippen LogP) is 3.37. The van der Waals surface area contributed by atoms with Crippen LogP contribution in [0.3, 0.4) is 0 Å². The molecule has 2 aromatic rings. The monoisotopic (exact) mass is 396 g/mol. The van der Waals surface area contributed by atoms with Crippen molar-refractivity contribution in [3.63, 3.8) is 0 Å². The summed E-state index contributed by atoms with van der Waals surface area (Å²) in [7, 11) is -2.14. The number of aryl methyl sites for hydroxylation is 2. The van der Waals surface area contributed by atoms with Gasteiger partial charge >= 0.3 is 0 Å². The van der Waals surface area contributed by atoms with Crippen LogP contribution in [0.15, 0.2) is 36.4 Å². The molecule has 0 unspecified atom stereocenters. The van der Waals surface area contributed by atoms with Gasteiger partial charge in [-0.15, -0.1) is 0 Å². The second kappa shape index (κ2) is 7.97. The minimum absolute atomic E-state index is 0.341. The summed E-state index contributed by atoms with van der Waals surface area (Å²) in [5.41, 5.74) is 2.71. The number of sulfonamides is 1. The Balaban J connectivity index is 2.23. The van der Waals surface area contributed by atoms with E-state index >= 15 is 0 Å². The molecule has 0 fully saturated rings. The van der Waals surface area contributed by atoms with Crippen LogP contribution in [-0.4, -0.2) is 34.2 Å². The van der Waals surface area contributed by atoms with Gasteiger partial charge in [0.25, 0.3) is 0 Å². The van der Waals surface area contributed by atoms with E-state index in [2.05, 4.69) is 5.32 Å². The van der Waals surface area contributed by atoms with E-state index in [-0.39, 0.29) is 6.54 Å². The highest BCUT2D eigenvalue weighted by atomic mass is 35.5. The van der Waals surface area contributed by atoms with E-state index in [9.17, 15) is 13.2 Å². The Labute approximate surface area is 158 Å². The molecule has 140 valence electrons. The van der Waals surface area contributed by atoms with Gasteiger partial charge < -0.3 is 10.1 Å². The number of nitrogens with one attached hydrogen (secondary N) is 1. The molecule has 1 amide bonds. The molecule has 0 atom stereocenters. The summed E-state index contributed by atoms with van der Waals surface area (Å²) >= 11 is 6.04. The maximum absolute atomic E-state index is 12.4. The largest absolute Gasteiger partial charge is 0.495 e. The van der Waals surface area contributed by atoms with Crippen LogP contribution in [0.1, 0.15) is 11.1 Å². The molecule has 0 aliphatic rings. The molecule has 0 saturated heterocycles. The van der Waals surface area contributed by atoms with Crippen LogP contribution in [0.25, 0.3) is 0 Å². The topological polar surface area (TPSA) is 75.7 Å². The molecule has 0 radical (unpaired) electrons. The number of rotatable bonds is 6. The minimum Gasteiger partial charge on any atom is -0.495 e. The van der Waals surface area contributed by atoms with Crippen molar-refractivity contribution in [1.29, 1.82) is 0 Å². The fraction of sp³-hybridized carbons (Fsp3) is 0.278. The maximum Gasteiger partial charge on any atom is 0.245 e. The molecule has 0 saturated carbocycles. The van der Waals surface area contributed by atoms with Crippen LogP contribution in [0.4, 0.5) is 11.4 Å². The molecule has 2 aromatic carbocycles. The molecule has 8 heteroatoms. The Morgan fingerprint density at radius 3 is 2.42 bits per heavy atom. The number of nitrogens with zero attached hydrogens (tertiary/aromatic N) is 1. The van der Waals surface area contributed by atoms with Crippen molar-refractivity contribution in [2.24, 2.45) is 0 Å². The predicted molar refractivity (Wildman–Crippen MR) is 105 cm³/mol. The lowest BCUT2D eigenvalue weighted by atomic mass is 10.1. The van der Waals surface area contributed by atoms with Crippen molar-refractivity contribution >= 4 is 38.9 Å². The number of halogens is 1. The van der Waals surface area contributed by atoms with Gasteiger partial charge in [0.05, 0.1) is 24.1 Å². The highest BCUT2D eigenvalue weighted by Gasteiger charge is 2.22. The van der Waals surface area contributed by atoms with Crippen LogP contribution in [0.5, 0.6) is 5.75 Å². The zero-order valence-corrected chi connectivity index (χ0v) is 16.6. The summed E-state index contributed by atoms with van der Waals surface area (Å²) in [5, 5.41) is 3.00. The van der Waals surface area contributed by atoms with Crippen LogP contribution in [-0.2, 0) is 14.8 Å². The van der Waals surface area contributed by atoms with E-state index in [1.807, 2.05) is 26.0 Å². The smallest absolute Gasteiger partial charge is 0.245 e. The first kappa shape index (κ1) is 20.1. The Bertz CT molecular complexity index is 929. The van der Waals surface area contributed by atoms with E-state index in [0.29, 0.717) is 22.1 Å².